The van der Waals surface area contributed by atoms with Gasteiger partial charge in [0.1, 0.15) is 5.00 Å². The van der Waals surface area contributed by atoms with E-state index in [1.807, 2.05) is 13.8 Å². The average molecular weight is 465 g/mol. The minimum absolute atomic E-state index is 0.175. The first-order chi connectivity index (χ1) is 14.6. The molecule has 2 heterocycles. The molecule has 1 aliphatic heterocycles. The lowest BCUT2D eigenvalue weighted by Gasteiger charge is -2.29. The van der Waals surface area contributed by atoms with Crippen LogP contribution >= 0.6 is 11.3 Å². The highest BCUT2D eigenvalue weighted by molar-refractivity contribution is 7.89. The molecule has 0 atom stereocenters. The maximum atomic E-state index is 12.9. The summed E-state index contributed by atoms with van der Waals surface area (Å²) >= 11 is 1.31. The Morgan fingerprint density at radius 3 is 2.35 bits per heavy atom. The molecule has 9 heteroatoms. The van der Waals surface area contributed by atoms with Crippen LogP contribution in [-0.2, 0) is 14.8 Å². The number of aryl methyl sites for hydroxylation is 1. The van der Waals surface area contributed by atoms with Gasteiger partial charge < -0.3 is 10.1 Å². The van der Waals surface area contributed by atoms with Crippen LogP contribution in [0.15, 0.2) is 29.2 Å². The van der Waals surface area contributed by atoms with Crippen molar-refractivity contribution >= 4 is 38.2 Å². The van der Waals surface area contributed by atoms with Crippen molar-refractivity contribution in [1.29, 1.82) is 0 Å². The summed E-state index contributed by atoms with van der Waals surface area (Å²) in [5.41, 5.74) is 1.44. The number of esters is 1. The molecule has 1 amide bonds. The average Bonchev–Trinajstić information content (AvgIpc) is 3.01. The number of hydrogen-bond donors (Lipinski definition) is 1. The molecule has 1 saturated heterocycles. The van der Waals surface area contributed by atoms with Crippen LogP contribution in [0.25, 0.3) is 0 Å². The molecule has 0 spiro atoms. The normalized spacial score (nSPS) is 15.6. The zero-order valence-corrected chi connectivity index (χ0v) is 19.9. The number of carbonyl (C=O) groups excluding carboxylic acids is 2. The number of anilines is 1. The second-order valence-corrected chi connectivity index (χ2v) is 10.9. The molecule has 168 valence electrons. The standard InChI is InChI=1S/C22H28N2O5S2/c1-5-29-22(26)19-15(3)16(4)30-21(19)23-20(25)17-6-8-18(9-7-17)31(27,28)24-12-10-14(2)11-13-24/h6-9,14H,5,10-13H2,1-4H3,(H,23,25). The summed E-state index contributed by atoms with van der Waals surface area (Å²) in [6.45, 7) is 8.81. The summed E-state index contributed by atoms with van der Waals surface area (Å²) in [6, 6.07) is 5.90. The van der Waals surface area contributed by atoms with Gasteiger partial charge in [-0.25, -0.2) is 13.2 Å². The molecule has 0 saturated carbocycles. The number of nitrogens with zero attached hydrogens (tertiary/aromatic N) is 1. The Hall–Kier alpha value is -2.23. The SMILES string of the molecule is CCOC(=O)c1c(NC(=O)c2ccc(S(=O)(=O)N3CCC(C)CC3)cc2)sc(C)c1C. The van der Waals surface area contributed by atoms with Crippen molar-refractivity contribution in [1.82, 2.24) is 4.31 Å². The predicted octanol–water partition coefficient (Wildman–Crippen LogP) is 4.21. The van der Waals surface area contributed by atoms with Gasteiger partial charge >= 0.3 is 5.97 Å². The molecule has 0 bridgehead atoms. The lowest BCUT2D eigenvalue weighted by atomic mass is 10.0. The molecule has 1 fully saturated rings. The van der Waals surface area contributed by atoms with Crippen molar-refractivity contribution in [2.24, 2.45) is 5.92 Å². The highest BCUT2D eigenvalue weighted by Gasteiger charge is 2.28. The van der Waals surface area contributed by atoms with Crippen LogP contribution < -0.4 is 5.32 Å². The van der Waals surface area contributed by atoms with Crippen molar-refractivity contribution in [2.75, 3.05) is 25.0 Å². The van der Waals surface area contributed by atoms with E-state index in [1.54, 1.807) is 6.92 Å². The van der Waals surface area contributed by atoms with Gasteiger partial charge in [0, 0.05) is 23.5 Å². The molecular formula is C22H28N2O5S2. The van der Waals surface area contributed by atoms with Crippen molar-refractivity contribution in [3.05, 3.63) is 45.8 Å². The van der Waals surface area contributed by atoms with Gasteiger partial charge in [-0.2, -0.15) is 4.31 Å². The molecule has 1 aromatic carbocycles. The van der Waals surface area contributed by atoms with Crippen LogP contribution in [0.3, 0.4) is 0 Å². The first-order valence-electron chi connectivity index (χ1n) is 10.3. The van der Waals surface area contributed by atoms with Gasteiger partial charge in [0.2, 0.25) is 10.0 Å². The van der Waals surface area contributed by atoms with Crippen molar-refractivity contribution in [3.8, 4) is 0 Å². The number of hydrogen-bond acceptors (Lipinski definition) is 6. The molecule has 7 nitrogen and oxygen atoms in total. The van der Waals surface area contributed by atoms with Crippen LogP contribution in [0.2, 0.25) is 0 Å². The van der Waals surface area contributed by atoms with E-state index < -0.39 is 21.9 Å². The van der Waals surface area contributed by atoms with Crippen molar-refractivity contribution in [2.45, 2.75) is 45.4 Å². The molecule has 2 aromatic rings. The smallest absolute Gasteiger partial charge is 0.341 e. The van der Waals surface area contributed by atoms with Gasteiger partial charge in [-0.15, -0.1) is 11.3 Å². The van der Waals surface area contributed by atoms with E-state index in [2.05, 4.69) is 12.2 Å². The number of rotatable bonds is 6. The summed E-state index contributed by atoms with van der Waals surface area (Å²) < 4.78 is 32.3. The van der Waals surface area contributed by atoms with Gasteiger partial charge in [0.05, 0.1) is 17.1 Å². The number of sulfonamides is 1. The molecule has 0 aliphatic carbocycles. The Labute approximate surface area is 187 Å². The van der Waals surface area contributed by atoms with E-state index in [-0.39, 0.29) is 11.5 Å². The van der Waals surface area contributed by atoms with Gasteiger partial charge in [0.25, 0.3) is 5.91 Å². The second kappa shape index (κ2) is 9.50. The third kappa shape index (κ3) is 4.99. The fraction of sp³-hybridized carbons (Fsp3) is 0.455. The summed E-state index contributed by atoms with van der Waals surface area (Å²) in [4.78, 5) is 26.1. The number of thiophene rings is 1. The molecule has 1 N–H and O–H groups in total. The van der Waals surface area contributed by atoms with Crippen LogP contribution in [0, 0.1) is 19.8 Å². The first kappa shape index (κ1) is 23.4. The van der Waals surface area contributed by atoms with Gasteiger partial charge in [0.15, 0.2) is 0 Å². The summed E-state index contributed by atoms with van der Waals surface area (Å²) in [5, 5.41) is 3.20. The largest absolute Gasteiger partial charge is 0.462 e. The summed E-state index contributed by atoms with van der Waals surface area (Å²) in [7, 11) is -3.57. The Kier molecular flexibility index (Phi) is 7.18. The number of amides is 1. The molecule has 3 rings (SSSR count). The van der Waals surface area contributed by atoms with Crippen molar-refractivity contribution in [3.63, 3.8) is 0 Å². The molecule has 0 radical (unpaired) electrons. The molecule has 1 aliphatic rings. The first-order valence-corrected chi connectivity index (χ1v) is 12.6. The van der Waals surface area contributed by atoms with E-state index in [1.165, 1.54) is 39.9 Å². The van der Waals surface area contributed by atoms with Crippen molar-refractivity contribution < 1.29 is 22.7 Å². The monoisotopic (exact) mass is 464 g/mol. The molecule has 1 aromatic heterocycles. The molecule has 31 heavy (non-hydrogen) atoms. The Morgan fingerprint density at radius 2 is 1.77 bits per heavy atom. The third-order valence-corrected chi connectivity index (χ3v) is 8.62. The Morgan fingerprint density at radius 1 is 1.16 bits per heavy atom. The van der Waals surface area contributed by atoms with E-state index in [4.69, 9.17) is 4.74 Å². The van der Waals surface area contributed by atoms with Crippen LogP contribution in [0.1, 0.15) is 57.8 Å². The quantitative estimate of drug-likeness (QED) is 0.647. The zero-order chi connectivity index (χ0) is 22.8. The summed E-state index contributed by atoms with van der Waals surface area (Å²) in [6.07, 6.45) is 1.70. The maximum absolute atomic E-state index is 12.9. The number of ether oxygens (including phenoxy) is 1. The topological polar surface area (TPSA) is 92.8 Å². The zero-order valence-electron chi connectivity index (χ0n) is 18.2. The summed E-state index contributed by atoms with van der Waals surface area (Å²) in [5.74, 6) is -0.360. The van der Waals surface area contributed by atoms with Crippen LogP contribution in [0.5, 0.6) is 0 Å². The molecule has 0 unspecified atom stereocenters. The number of piperidine rings is 1. The lowest BCUT2D eigenvalue weighted by molar-refractivity contribution is 0.0527. The third-order valence-electron chi connectivity index (χ3n) is 5.59. The van der Waals surface area contributed by atoms with E-state index >= 15 is 0 Å². The number of carbonyl (C=O) groups is 2. The van der Waals surface area contributed by atoms with Crippen LogP contribution in [-0.4, -0.2) is 44.3 Å². The van der Waals surface area contributed by atoms with Gasteiger partial charge in [-0.05, 0) is 69.4 Å². The minimum Gasteiger partial charge on any atom is -0.462 e. The van der Waals surface area contributed by atoms with Gasteiger partial charge in [-0.1, -0.05) is 6.92 Å². The number of benzene rings is 1. The van der Waals surface area contributed by atoms with Gasteiger partial charge in [-0.3, -0.25) is 4.79 Å². The Balaban J connectivity index is 1.77. The Bertz CT molecular complexity index is 1070. The minimum atomic E-state index is -3.57. The van der Waals surface area contributed by atoms with E-state index in [9.17, 15) is 18.0 Å². The number of nitrogens with one attached hydrogen (secondary N) is 1. The van der Waals surface area contributed by atoms with Crippen LogP contribution in [0.4, 0.5) is 5.00 Å². The van der Waals surface area contributed by atoms with E-state index in [0.29, 0.717) is 35.1 Å². The fourth-order valence-electron chi connectivity index (χ4n) is 3.49. The maximum Gasteiger partial charge on any atom is 0.341 e. The fourth-order valence-corrected chi connectivity index (χ4v) is 6.01. The molecular weight excluding hydrogens is 436 g/mol. The lowest BCUT2D eigenvalue weighted by Crippen LogP contribution is -2.37. The highest BCUT2D eigenvalue weighted by Crippen LogP contribution is 2.33. The second-order valence-electron chi connectivity index (χ2n) is 7.77. The van der Waals surface area contributed by atoms with E-state index in [0.717, 1.165) is 23.3 Å². The highest BCUT2D eigenvalue weighted by atomic mass is 32.2. The predicted molar refractivity (Wildman–Crippen MR) is 121 cm³/mol.